The molecular formula is C16H22N2O. The lowest BCUT2D eigenvalue weighted by Crippen LogP contribution is -2.34. The third-order valence-corrected chi connectivity index (χ3v) is 4.45. The van der Waals surface area contributed by atoms with Gasteiger partial charge in [-0.3, -0.25) is 4.79 Å². The summed E-state index contributed by atoms with van der Waals surface area (Å²) >= 11 is 0. The molecule has 0 aliphatic heterocycles. The third-order valence-electron chi connectivity index (χ3n) is 4.45. The average molecular weight is 258 g/mol. The summed E-state index contributed by atoms with van der Waals surface area (Å²) in [5.41, 5.74) is 9.74. The Labute approximate surface area is 114 Å². The summed E-state index contributed by atoms with van der Waals surface area (Å²) in [5.74, 6) is 0.241. The fraction of sp³-hybridized carbons (Fsp3) is 0.562. The van der Waals surface area contributed by atoms with Crippen LogP contribution in [0.1, 0.15) is 43.2 Å². The summed E-state index contributed by atoms with van der Waals surface area (Å²) in [4.78, 5) is 12.2. The van der Waals surface area contributed by atoms with Crippen LogP contribution >= 0.6 is 0 Å². The fourth-order valence-corrected chi connectivity index (χ4v) is 3.36. The number of anilines is 1. The van der Waals surface area contributed by atoms with Gasteiger partial charge in [0.2, 0.25) is 5.91 Å². The minimum atomic E-state index is 0.0944. The van der Waals surface area contributed by atoms with Gasteiger partial charge >= 0.3 is 0 Å². The van der Waals surface area contributed by atoms with Crippen LogP contribution in [0.2, 0.25) is 0 Å². The summed E-state index contributed by atoms with van der Waals surface area (Å²) < 4.78 is 0. The summed E-state index contributed by atoms with van der Waals surface area (Å²) in [5, 5.41) is 3.07. The van der Waals surface area contributed by atoms with E-state index in [1.54, 1.807) is 0 Å². The first-order valence-electron chi connectivity index (χ1n) is 7.40. The van der Waals surface area contributed by atoms with Crippen molar-refractivity contribution in [2.75, 3.05) is 5.32 Å². The third kappa shape index (κ3) is 2.81. The lowest BCUT2D eigenvalue weighted by molar-refractivity contribution is -0.120. The molecule has 0 aromatic heterocycles. The van der Waals surface area contributed by atoms with E-state index in [0.717, 1.165) is 37.8 Å². The number of rotatable bonds is 2. The van der Waals surface area contributed by atoms with Gasteiger partial charge in [-0.25, -0.2) is 0 Å². The molecule has 1 amide bonds. The van der Waals surface area contributed by atoms with Crippen LogP contribution in [0.15, 0.2) is 18.2 Å². The zero-order valence-corrected chi connectivity index (χ0v) is 11.3. The van der Waals surface area contributed by atoms with Crippen LogP contribution in [0.3, 0.4) is 0 Å². The van der Waals surface area contributed by atoms with Crippen LogP contribution in [-0.4, -0.2) is 11.9 Å². The van der Waals surface area contributed by atoms with E-state index in [2.05, 4.69) is 17.4 Å². The molecule has 0 radical (unpaired) electrons. The van der Waals surface area contributed by atoms with Crippen molar-refractivity contribution in [2.45, 2.75) is 51.0 Å². The highest BCUT2D eigenvalue weighted by molar-refractivity contribution is 5.92. The van der Waals surface area contributed by atoms with E-state index in [9.17, 15) is 4.79 Å². The summed E-state index contributed by atoms with van der Waals surface area (Å²) in [6.45, 7) is 0. The molecule has 2 aliphatic rings. The van der Waals surface area contributed by atoms with E-state index < -0.39 is 0 Å². The standard InChI is InChI=1S/C16H22N2O/c17-14-6-2-5-13(9-14)16(19)18-15-8-7-11-3-1-4-12(11)10-15/h7-8,10,13-14H,1-6,9,17H2,(H,18,19). The van der Waals surface area contributed by atoms with Crippen LogP contribution in [-0.2, 0) is 17.6 Å². The van der Waals surface area contributed by atoms with Crippen LogP contribution in [0, 0.1) is 5.92 Å². The van der Waals surface area contributed by atoms with Gasteiger partial charge in [-0.05, 0) is 61.8 Å². The highest BCUT2D eigenvalue weighted by atomic mass is 16.1. The first-order chi connectivity index (χ1) is 9.22. The second-order valence-electron chi connectivity index (χ2n) is 5.95. The lowest BCUT2D eigenvalue weighted by atomic mass is 9.85. The number of nitrogens with one attached hydrogen (secondary N) is 1. The predicted octanol–water partition coefficient (Wildman–Crippen LogP) is 2.63. The molecule has 0 heterocycles. The van der Waals surface area contributed by atoms with E-state index in [-0.39, 0.29) is 17.9 Å². The van der Waals surface area contributed by atoms with Crippen molar-refractivity contribution in [3.63, 3.8) is 0 Å². The second kappa shape index (κ2) is 5.33. The molecule has 0 spiro atoms. The molecule has 3 nitrogen and oxygen atoms in total. The molecular weight excluding hydrogens is 236 g/mol. The van der Waals surface area contributed by atoms with Gasteiger partial charge in [-0.1, -0.05) is 12.5 Å². The lowest BCUT2D eigenvalue weighted by Gasteiger charge is -2.25. The Morgan fingerprint density at radius 2 is 2.00 bits per heavy atom. The Kier molecular flexibility index (Phi) is 3.56. The van der Waals surface area contributed by atoms with Crippen molar-refractivity contribution in [2.24, 2.45) is 11.7 Å². The number of hydrogen-bond acceptors (Lipinski definition) is 2. The number of nitrogens with two attached hydrogens (primary N) is 1. The molecule has 1 saturated carbocycles. The van der Waals surface area contributed by atoms with Crippen molar-refractivity contribution in [3.05, 3.63) is 29.3 Å². The number of carbonyl (C=O) groups is 1. The van der Waals surface area contributed by atoms with E-state index in [1.165, 1.54) is 24.0 Å². The number of benzene rings is 1. The quantitative estimate of drug-likeness (QED) is 0.856. The molecule has 3 N–H and O–H groups in total. The molecule has 2 aliphatic carbocycles. The summed E-state index contributed by atoms with van der Waals surface area (Å²) in [6, 6.07) is 6.53. The van der Waals surface area contributed by atoms with Crippen molar-refractivity contribution in [1.82, 2.24) is 0 Å². The fourth-order valence-electron chi connectivity index (χ4n) is 3.36. The smallest absolute Gasteiger partial charge is 0.227 e. The molecule has 3 heteroatoms. The summed E-state index contributed by atoms with van der Waals surface area (Å²) in [6.07, 6.45) is 7.51. The molecule has 102 valence electrons. The Morgan fingerprint density at radius 1 is 1.16 bits per heavy atom. The molecule has 2 unspecified atom stereocenters. The Hall–Kier alpha value is -1.35. The van der Waals surface area contributed by atoms with E-state index >= 15 is 0 Å². The van der Waals surface area contributed by atoms with E-state index in [1.807, 2.05) is 6.07 Å². The summed E-state index contributed by atoms with van der Waals surface area (Å²) in [7, 11) is 0. The largest absolute Gasteiger partial charge is 0.328 e. The Morgan fingerprint density at radius 3 is 2.84 bits per heavy atom. The van der Waals surface area contributed by atoms with Gasteiger partial charge in [-0.15, -0.1) is 0 Å². The predicted molar refractivity (Wildman–Crippen MR) is 77.0 cm³/mol. The topological polar surface area (TPSA) is 55.1 Å². The molecule has 2 atom stereocenters. The molecule has 1 aromatic rings. The molecule has 19 heavy (non-hydrogen) atoms. The first kappa shape index (κ1) is 12.7. The number of fused-ring (bicyclic) bond motifs is 1. The minimum absolute atomic E-state index is 0.0944. The zero-order valence-electron chi connectivity index (χ0n) is 11.3. The zero-order chi connectivity index (χ0) is 13.2. The van der Waals surface area contributed by atoms with Crippen molar-refractivity contribution >= 4 is 11.6 Å². The monoisotopic (exact) mass is 258 g/mol. The van der Waals surface area contributed by atoms with Gasteiger partial charge in [0, 0.05) is 17.6 Å². The van der Waals surface area contributed by atoms with Crippen molar-refractivity contribution < 1.29 is 4.79 Å². The number of amides is 1. The highest BCUT2D eigenvalue weighted by Gasteiger charge is 2.25. The molecule has 0 bridgehead atoms. The second-order valence-corrected chi connectivity index (χ2v) is 5.95. The average Bonchev–Trinajstić information content (AvgIpc) is 2.86. The van der Waals surface area contributed by atoms with Gasteiger partial charge in [0.05, 0.1) is 0 Å². The van der Waals surface area contributed by atoms with Gasteiger partial charge in [-0.2, -0.15) is 0 Å². The SMILES string of the molecule is NC1CCCC(C(=O)Nc2ccc3c(c2)CCC3)C1. The van der Waals surface area contributed by atoms with Gasteiger partial charge in [0.25, 0.3) is 0 Å². The first-order valence-corrected chi connectivity index (χ1v) is 7.40. The Bertz CT molecular complexity index is 484. The van der Waals surface area contributed by atoms with Gasteiger partial charge < -0.3 is 11.1 Å². The highest BCUT2D eigenvalue weighted by Crippen LogP contribution is 2.27. The van der Waals surface area contributed by atoms with Gasteiger partial charge in [0.1, 0.15) is 0 Å². The van der Waals surface area contributed by atoms with Crippen LogP contribution in [0.25, 0.3) is 0 Å². The normalized spacial score (nSPS) is 25.9. The molecule has 0 saturated heterocycles. The van der Waals surface area contributed by atoms with Gasteiger partial charge in [0.15, 0.2) is 0 Å². The van der Waals surface area contributed by atoms with Crippen molar-refractivity contribution in [1.29, 1.82) is 0 Å². The van der Waals surface area contributed by atoms with E-state index in [0.29, 0.717) is 0 Å². The van der Waals surface area contributed by atoms with E-state index in [4.69, 9.17) is 5.73 Å². The molecule has 1 aromatic carbocycles. The maximum atomic E-state index is 12.2. The minimum Gasteiger partial charge on any atom is -0.328 e. The Balaban J connectivity index is 1.66. The molecule has 3 rings (SSSR count). The number of aryl methyl sites for hydroxylation is 2. The number of carbonyl (C=O) groups excluding carboxylic acids is 1. The number of hydrogen-bond donors (Lipinski definition) is 2. The molecule has 1 fully saturated rings. The maximum Gasteiger partial charge on any atom is 0.227 e. The maximum absolute atomic E-state index is 12.2. The van der Waals surface area contributed by atoms with Crippen LogP contribution < -0.4 is 11.1 Å². The van der Waals surface area contributed by atoms with Crippen LogP contribution in [0.5, 0.6) is 0 Å². The van der Waals surface area contributed by atoms with Crippen LogP contribution in [0.4, 0.5) is 5.69 Å². The van der Waals surface area contributed by atoms with Crippen molar-refractivity contribution in [3.8, 4) is 0 Å².